The Morgan fingerprint density at radius 2 is 2.07 bits per heavy atom. The Labute approximate surface area is 243 Å². The summed E-state index contributed by atoms with van der Waals surface area (Å²) < 4.78 is 13.0. The lowest BCUT2D eigenvalue weighted by atomic mass is 9.77. The topological polar surface area (TPSA) is 115 Å². The summed E-state index contributed by atoms with van der Waals surface area (Å²) >= 11 is 6.41. The molecule has 4 heterocycles. The highest BCUT2D eigenvalue weighted by Gasteiger charge is 2.40. The molecule has 1 saturated carbocycles. The largest absolute Gasteiger partial charge is 0.439 e. The molecular weight excluding hydrogens is 542 g/mol. The van der Waals surface area contributed by atoms with Gasteiger partial charge in [0, 0.05) is 16.8 Å². The van der Waals surface area contributed by atoms with Crippen LogP contribution in [-0.4, -0.2) is 55.0 Å². The van der Waals surface area contributed by atoms with E-state index in [1.165, 1.54) is 25.7 Å². The third kappa shape index (κ3) is 5.42. The maximum atomic E-state index is 11.8. The predicted molar refractivity (Wildman–Crippen MR) is 160 cm³/mol. The molecule has 1 N–H and O–H groups in total. The van der Waals surface area contributed by atoms with Gasteiger partial charge in [-0.15, -0.1) is 0 Å². The Balaban J connectivity index is 1.57. The molecule has 3 aromatic heterocycles. The zero-order valence-corrected chi connectivity index (χ0v) is 24.5. The number of hydrogen-bond donors (Lipinski definition) is 1. The van der Waals surface area contributed by atoms with Gasteiger partial charge < -0.3 is 9.64 Å². The van der Waals surface area contributed by atoms with Crippen molar-refractivity contribution in [1.82, 2.24) is 29.7 Å². The summed E-state index contributed by atoms with van der Waals surface area (Å²) in [7, 11) is 0. The molecule has 1 aliphatic carbocycles. The van der Waals surface area contributed by atoms with Gasteiger partial charge in [-0.3, -0.25) is 14.1 Å². The van der Waals surface area contributed by atoms with E-state index < -0.39 is 5.76 Å². The first kappa shape index (κ1) is 27.7. The van der Waals surface area contributed by atoms with E-state index in [0.29, 0.717) is 52.8 Å². The number of morpholine rings is 1. The molecule has 4 aromatic rings. The molecule has 4 atom stereocenters. The van der Waals surface area contributed by atoms with Crippen LogP contribution < -0.4 is 10.7 Å². The van der Waals surface area contributed by atoms with E-state index >= 15 is 0 Å². The fourth-order valence-corrected chi connectivity index (χ4v) is 6.79. The van der Waals surface area contributed by atoms with E-state index in [2.05, 4.69) is 42.4 Å². The van der Waals surface area contributed by atoms with Crippen LogP contribution in [0.25, 0.3) is 40.3 Å². The van der Waals surface area contributed by atoms with Crippen LogP contribution in [0.5, 0.6) is 0 Å². The van der Waals surface area contributed by atoms with Crippen LogP contribution in [0.1, 0.15) is 52.9 Å². The number of fused-ring (bicyclic) bond motifs is 1. The molecular formula is C30H36ClN7O3. The third-order valence-corrected chi connectivity index (χ3v) is 8.54. The van der Waals surface area contributed by atoms with Crippen LogP contribution in [0.15, 0.2) is 40.2 Å². The minimum atomic E-state index is -0.681. The Morgan fingerprint density at radius 1 is 1.22 bits per heavy atom. The van der Waals surface area contributed by atoms with Gasteiger partial charge in [-0.2, -0.15) is 4.98 Å². The molecule has 41 heavy (non-hydrogen) atoms. The quantitative estimate of drug-likeness (QED) is 0.283. The van der Waals surface area contributed by atoms with Crippen LogP contribution in [0.2, 0.25) is 5.02 Å². The van der Waals surface area contributed by atoms with E-state index in [1.54, 1.807) is 6.20 Å². The SMILES string of the molecule is C=Cn1c(N2C(CC(C)C)COCC2C2CCCC(C)C2)nc2nc(-c3noc(=O)[nH]3)nc(-c3cccc(Cl)c3)c21. The molecule has 1 aliphatic heterocycles. The highest BCUT2D eigenvalue weighted by Crippen LogP contribution is 2.40. The van der Waals surface area contributed by atoms with Crippen molar-refractivity contribution in [2.24, 2.45) is 17.8 Å². The van der Waals surface area contributed by atoms with Crippen molar-refractivity contribution in [1.29, 1.82) is 0 Å². The Morgan fingerprint density at radius 3 is 2.78 bits per heavy atom. The van der Waals surface area contributed by atoms with Gasteiger partial charge in [-0.1, -0.05) is 69.1 Å². The molecule has 2 aliphatic rings. The molecule has 216 valence electrons. The number of imidazole rings is 1. The lowest BCUT2D eigenvalue weighted by Gasteiger charge is -2.47. The number of halogens is 1. The van der Waals surface area contributed by atoms with Crippen LogP contribution in [-0.2, 0) is 4.74 Å². The zero-order valence-electron chi connectivity index (χ0n) is 23.7. The summed E-state index contributed by atoms with van der Waals surface area (Å²) in [6.45, 7) is 12.3. The second kappa shape index (κ2) is 11.4. The van der Waals surface area contributed by atoms with Gasteiger partial charge in [-0.25, -0.2) is 14.8 Å². The maximum Gasteiger partial charge on any atom is 0.439 e. The van der Waals surface area contributed by atoms with Crippen molar-refractivity contribution < 1.29 is 9.26 Å². The monoisotopic (exact) mass is 577 g/mol. The lowest BCUT2D eigenvalue weighted by Crippen LogP contribution is -2.57. The normalized spacial score (nSPS) is 23.4. The van der Waals surface area contributed by atoms with Crippen LogP contribution in [0.4, 0.5) is 5.95 Å². The van der Waals surface area contributed by atoms with E-state index in [1.807, 2.05) is 28.8 Å². The van der Waals surface area contributed by atoms with Gasteiger partial charge in [0.1, 0.15) is 11.2 Å². The Hall–Kier alpha value is -3.50. The third-order valence-electron chi connectivity index (χ3n) is 8.31. The van der Waals surface area contributed by atoms with Crippen molar-refractivity contribution in [3.05, 3.63) is 46.4 Å². The molecule has 0 amide bonds. The number of aromatic amines is 1. The van der Waals surface area contributed by atoms with Gasteiger partial charge in [0.05, 0.1) is 25.3 Å². The van der Waals surface area contributed by atoms with Crippen molar-refractivity contribution >= 4 is 34.9 Å². The molecule has 10 nitrogen and oxygen atoms in total. The fraction of sp³-hybridized carbons (Fsp3) is 0.500. The number of H-pyrrole nitrogens is 1. The first-order valence-electron chi connectivity index (χ1n) is 14.4. The Bertz CT molecular complexity index is 1610. The Kier molecular flexibility index (Phi) is 7.70. The first-order chi connectivity index (χ1) is 19.8. The van der Waals surface area contributed by atoms with E-state index in [9.17, 15) is 4.79 Å². The highest BCUT2D eigenvalue weighted by molar-refractivity contribution is 6.30. The van der Waals surface area contributed by atoms with Crippen molar-refractivity contribution in [2.45, 2.75) is 65.0 Å². The van der Waals surface area contributed by atoms with Crippen molar-refractivity contribution in [3.8, 4) is 22.9 Å². The summed E-state index contributed by atoms with van der Waals surface area (Å²) in [5.74, 6) is 2.10. The summed E-state index contributed by atoms with van der Waals surface area (Å²) in [6.07, 6.45) is 7.60. The van der Waals surface area contributed by atoms with Gasteiger partial charge in [0.2, 0.25) is 17.6 Å². The standard InChI is InChI=1S/C30H36ClN7O3/c1-5-37-25-24(20-10-7-11-21(31)14-20)32-27(28-35-30(39)41-36-28)33-26(25)34-29(37)38-22(12-17(2)3)15-40-16-23(38)19-9-6-8-18(4)13-19/h5,7,10-11,14,17-19,22-23H,1,6,8-9,12-13,15-16H2,2-4H3,(H,35,36,39). The molecule has 11 heteroatoms. The number of benzene rings is 1. The summed E-state index contributed by atoms with van der Waals surface area (Å²) in [5, 5.41) is 4.41. The number of anilines is 1. The van der Waals surface area contributed by atoms with Crippen LogP contribution in [0, 0.1) is 17.8 Å². The minimum Gasteiger partial charge on any atom is -0.377 e. The van der Waals surface area contributed by atoms with Crippen LogP contribution in [0.3, 0.4) is 0 Å². The summed E-state index contributed by atoms with van der Waals surface area (Å²) in [6, 6.07) is 7.80. The smallest absolute Gasteiger partial charge is 0.377 e. The molecule has 1 saturated heterocycles. The number of rotatable bonds is 7. The number of hydrogen-bond acceptors (Lipinski definition) is 8. The summed E-state index contributed by atoms with van der Waals surface area (Å²) in [5.41, 5.74) is 2.56. The minimum absolute atomic E-state index is 0.132. The molecule has 0 bridgehead atoms. The van der Waals surface area contributed by atoms with Gasteiger partial charge in [0.15, 0.2) is 5.65 Å². The highest BCUT2D eigenvalue weighted by atomic mass is 35.5. The zero-order chi connectivity index (χ0) is 28.7. The fourth-order valence-electron chi connectivity index (χ4n) is 6.60. The van der Waals surface area contributed by atoms with E-state index in [0.717, 1.165) is 17.9 Å². The first-order valence-corrected chi connectivity index (χ1v) is 14.8. The molecule has 2 fully saturated rings. The molecule has 0 spiro atoms. The predicted octanol–water partition coefficient (Wildman–Crippen LogP) is 6.04. The number of nitrogens with one attached hydrogen (secondary N) is 1. The average Bonchev–Trinajstić information content (AvgIpc) is 3.55. The molecule has 6 rings (SSSR count). The van der Waals surface area contributed by atoms with Gasteiger partial charge in [0.25, 0.3) is 0 Å². The molecule has 0 radical (unpaired) electrons. The van der Waals surface area contributed by atoms with Crippen LogP contribution >= 0.6 is 11.6 Å². The number of ether oxygens (including phenoxy) is 1. The van der Waals surface area contributed by atoms with Crippen molar-refractivity contribution in [2.75, 3.05) is 18.1 Å². The molecule has 1 aromatic carbocycles. The molecule has 4 unspecified atom stereocenters. The van der Waals surface area contributed by atoms with E-state index in [4.69, 9.17) is 35.8 Å². The second-order valence-electron chi connectivity index (χ2n) is 11.8. The van der Waals surface area contributed by atoms with E-state index in [-0.39, 0.29) is 23.7 Å². The maximum absolute atomic E-state index is 11.8. The number of nitrogens with zero attached hydrogens (tertiary/aromatic N) is 6. The summed E-state index contributed by atoms with van der Waals surface area (Å²) in [4.78, 5) is 31.6. The van der Waals surface area contributed by atoms with Gasteiger partial charge in [-0.05, 0) is 49.1 Å². The lowest BCUT2D eigenvalue weighted by molar-refractivity contribution is 0.0331. The van der Waals surface area contributed by atoms with Crippen molar-refractivity contribution in [3.63, 3.8) is 0 Å². The number of aromatic nitrogens is 6. The average molecular weight is 578 g/mol. The van der Waals surface area contributed by atoms with Gasteiger partial charge >= 0.3 is 5.76 Å². The second-order valence-corrected chi connectivity index (χ2v) is 12.3.